The Labute approximate surface area is 513 Å². The molecule has 0 aliphatic carbocycles. The molecule has 0 aliphatic heterocycles. The van der Waals surface area contributed by atoms with Gasteiger partial charge in [0.25, 0.3) is 0 Å². The van der Waals surface area contributed by atoms with Gasteiger partial charge in [0.2, 0.25) is 0 Å². The molecule has 0 fully saturated rings. The number of carbonyl (C=O) groups excluding carboxylic acids is 5. The molecule has 532 valence electrons. The Kier molecular flexibility index (Phi) is 438. The zero-order valence-corrected chi connectivity index (χ0v) is 54.2. The summed E-state index contributed by atoms with van der Waals surface area (Å²) >= 11 is 0. The van der Waals surface area contributed by atoms with Gasteiger partial charge in [-0.1, -0.05) is 170 Å². The highest BCUT2D eigenvalue weighted by Crippen LogP contribution is 2.14. The Bertz CT molecular complexity index is 775. The van der Waals surface area contributed by atoms with E-state index in [-0.39, 0.29) is 143 Å². The first-order valence-corrected chi connectivity index (χ1v) is 24.3. The number of hydrogen-bond donors (Lipinski definition) is 5. The van der Waals surface area contributed by atoms with Crippen molar-refractivity contribution in [2.75, 3.05) is 139 Å². The number of ether oxygens (including phenoxy) is 12. The van der Waals surface area contributed by atoms with Crippen molar-refractivity contribution < 1.29 is 111 Å². The molecule has 0 bridgehead atoms. The minimum absolute atomic E-state index is 0. The lowest BCUT2D eigenvalue weighted by Crippen LogP contribution is -2.23. The fourth-order valence-electron chi connectivity index (χ4n) is 1.04. The zero-order valence-electron chi connectivity index (χ0n) is 54.2. The molecular weight excluding hydrogens is 1080 g/mol. The summed E-state index contributed by atoms with van der Waals surface area (Å²) in [5.74, 6) is -2.38. The van der Waals surface area contributed by atoms with Crippen LogP contribution in [0.15, 0.2) is 0 Å². The van der Waals surface area contributed by atoms with Crippen LogP contribution in [0.2, 0.25) is 0 Å². The van der Waals surface area contributed by atoms with Crippen LogP contribution in [0.5, 0.6) is 0 Å². The predicted octanol–water partition coefficient (Wildman–Crippen LogP) is 13.6. The zero-order chi connectivity index (χ0) is 64.6. The summed E-state index contributed by atoms with van der Waals surface area (Å²) in [7, 11) is 16.4. The van der Waals surface area contributed by atoms with Gasteiger partial charge in [-0.25, -0.2) is 19.2 Å². The molecule has 0 unspecified atom stereocenters. The number of rotatable bonds is 12. The second-order valence-corrected chi connectivity index (χ2v) is 10.8. The molecule has 0 saturated heterocycles. The Morgan fingerprint density at radius 3 is 0.512 bits per heavy atom. The molecule has 23 heteroatoms. The molecule has 0 saturated carbocycles. The van der Waals surface area contributed by atoms with Gasteiger partial charge < -0.3 is 82.4 Å². The SMILES string of the molecule is C.C.C.C.C.C.C.C.CC.CC.CC.CC.CC.CC.CC.CC.CC(C)(C)C(=O)O.CCO.CO.COCC(=O)OC.COCC(=O)OC.COCC(=O)OC.COCC(=O)OC.COCO.COCO.COCOC(=O)C(C)(C)C. The van der Waals surface area contributed by atoms with Crippen LogP contribution < -0.4 is 0 Å². The normalized spacial score (nSPS) is 6.77. The number of hydrogen-bond acceptors (Lipinski definition) is 22. The van der Waals surface area contributed by atoms with Gasteiger partial charge in [0.15, 0.2) is 6.79 Å². The van der Waals surface area contributed by atoms with Gasteiger partial charge in [-0.15, -0.1) is 0 Å². The predicted molar refractivity (Wildman–Crippen MR) is 354 cm³/mol. The minimum Gasteiger partial charge on any atom is -0.481 e. The third kappa shape index (κ3) is 367. The topological polar surface area (TPSA) is 314 Å². The van der Waals surface area contributed by atoms with E-state index in [4.69, 9.17) is 30.3 Å². The van der Waals surface area contributed by atoms with Crippen molar-refractivity contribution in [1.82, 2.24) is 0 Å². The Hall–Kier alpha value is -3.62. The van der Waals surface area contributed by atoms with Gasteiger partial charge in [0.1, 0.15) is 40.0 Å². The van der Waals surface area contributed by atoms with Crippen LogP contribution >= 0.6 is 0 Å². The number of carbonyl (C=O) groups is 6. The van der Waals surface area contributed by atoms with E-state index < -0.39 is 16.8 Å². The van der Waals surface area contributed by atoms with E-state index in [1.165, 1.54) is 78.2 Å². The molecule has 0 aromatic carbocycles. The number of aliphatic hydroxyl groups excluding tert-OH is 4. The van der Waals surface area contributed by atoms with Crippen molar-refractivity contribution in [2.45, 2.75) is 219 Å². The van der Waals surface area contributed by atoms with Crippen LogP contribution in [-0.4, -0.2) is 200 Å². The van der Waals surface area contributed by atoms with Gasteiger partial charge in [-0.05, 0) is 48.5 Å². The fourth-order valence-corrected chi connectivity index (χ4v) is 1.04. The lowest BCUT2D eigenvalue weighted by Gasteiger charge is -2.15. The molecule has 0 spiro atoms. The molecule has 0 heterocycles. The van der Waals surface area contributed by atoms with E-state index in [2.05, 4.69) is 52.1 Å². The summed E-state index contributed by atoms with van der Waals surface area (Å²) < 4.78 is 52.0. The second-order valence-electron chi connectivity index (χ2n) is 10.8. The number of carboxylic acid groups (broad SMARTS) is 1. The molecule has 0 amide bonds. The number of esters is 5. The molecule has 0 radical (unpaired) electrons. The number of aliphatic carboxylic acids is 1. The molecule has 0 rings (SSSR count). The van der Waals surface area contributed by atoms with Gasteiger partial charge in [-0.3, -0.25) is 9.59 Å². The van der Waals surface area contributed by atoms with Crippen molar-refractivity contribution in [1.29, 1.82) is 0 Å². The third-order valence-corrected chi connectivity index (χ3v) is 3.78. The standard InChI is InChI=1S/C7H14O3.C5H10O2.4C4H8O3.2C2H6O2.C2H6O.8C2H6.CH4O.8CH4/c1-7(2,3)6(8)10-5-9-4;1-5(2,3)4(6)7;4*1-6-3-4(5)7-2;2*1-4-2-3;1-2-3;9*1-2;;;;;;;;/h5H2,1-4H3;1-3H3,(H,6,7);4*3H2,1-2H3;2*3H,2H2,1H3;3H,2H2,1H3;8*1-2H3;2H,1H3;8*1H4. The monoisotopic (exact) mass is 1240 g/mol. The average Bonchev–Trinajstić information content (AvgIpc) is 3.43. The van der Waals surface area contributed by atoms with Crippen LogP contribution in [-0.2, 0) is 85.6 Å². The first-order chi connectivity index (χ1) is 34.9. The highest BCUT2D eigenvalue weighted by molar-refractivity contribution is 5.75. The summed E-state index contributed by atoms with van der Waals surface area (Å²) in [4.78, 5) is 61.2. The van der Waals surface area contributed by atoms with Crippen molar-refractivity contribution in [3.05, 3.63) is 0 Å². The molecule has 0 aliphatic rings. The van der Waals surface area contributed by atoms with Crippen LogP contribution in [0.1, 0.15) is 219 Å². The van der Waals surface area contributed by atoms with E-state index in [1.807, 2.05) is 111 Å². The minimum atomic E-state index is -0.757. The van der Waals surface area contributed by atoms with E-state index in [0.717, 1.165) is 7.11 Å². The third-order valence-electron chi connectivity index (χ3n) is 3.78. The molecule has 0 atom stereocenters. The largest absolute Gasteiger partial charge is 0.481 e. The highest BCUT2D eigenvalue weighted by Gasteiger charge is 2.22. The quantitative estimate of drug-likeness (QED) is 0.0688. The first kappa shape index (κ1) is 171. The second kappa shape index (κ2) is 210. The maximum absolute atomic E-state index is 10.9. The average molecular weight is 1240 g/mol. The van der Waals surface area contributed by atoms with Crippen LogP contribution in [0, 0.1) is 10.8 Å². The Balaban J connectivity index is -0.0000000173. The van der Waals surface area contributed by atoms with Gasteiger partial charge in [-0.2, -0.15) is 0 Å². The van der Waals surface area contributed by atoms with Crippen molar-refractivity contribution in [2.24, 2.45) is 10.8 Å². The van der Waals surface area contributed by atoms with Gasteiger partial charge >= 0.3 is 35.8 Å². The summed E-state index contributed by atoms with van der Waals surface area (Å²) in [5, 5.41) is 38.1. The first-order valence-electron chi connectivity index (χ1n) is 24.3. The van der Waals surface area contributed by atoms with E-state index >= 15 is 0 Å². The number of carboxylic acids is 1. The van der Waals surface area contributed by atoms with E-state index in [9.17, 15) is 28.8 Å². The van der Waals surface area contributed by atoms with Gasteiger partial charge in [0.05, 0.1) is 39.3 Å². The van der Waals surface area contributed by atoms with Crippen molar-refractivity contribution >= 4 is 35.8 Å². The maximum atomic E-state index is 10.9. The fraction of sp³-hybridized carbons (Fsp3) is 0.898. The van der Waals surface area contributed by atoms with E-state index in [1.54, 1.807) is 48.5 Å². The molecule has 82 heavy (non-hydrogen) atoms. The lowest BCUT2D eigenvalue weighted by molar-refractivity contribution is -0.163. The smallest absolute Gasteiger partial charge is 0.331 e. The Morgan fingerprint density at radius 1 is 0.329 bits per heavy atom. The summed E-state index contributed by atoms with van der Waals surface area (Å²) in [5.41, 5.74) is -1.02. The maximum Gasteiger partial charge on any atom is 0.331 e. The number of aliphatic hydroxyl groups is 4. The summed E-state index contributed by atoms with van der Waals surface area (Å²) in [6, 6.07) is 0. The molecule has 0 aromatic rings. The summed E-state index contributed by atoms with van der Waals surface area (Å²) in [6.07, 6.45) is 0. The van der Waals surface area contributed by atoms with E-state index in [0.29, 0.717) is 0 Å². The Morgan fingerprint density at radius 2 is 0.463 bits per heavy atom. The van der Waals surface area contributed by atoms with Crippen LogP contribution in [0.4, 0.5) is 0 Å². The molecule has 5 N–H and O–H groups in total. The van der Waals surface area contributed by atoms with Crippen molar-refractivity contribution in [3.63, 3.8) is 0 Å². The van der Waals surface area contributed by atoms with Crippen LogP contribution in [0.3, 0.4) is 0 Å². The molecule has 23 nitrogen and oxygen atoms in total. The van der Waals surface area contributed by atoms with Crippen molar-refractivity contribution in [3.8, 4) is 0 Å². The lowest BCUT2D eigenvalue weighted by atomic mass is 9.98. The molecular formula is C59H158O23. The summed E-state index contributed by atoms with van der Waals surface area (Å²) in [6.45, 7) is 44.1. The van der Waals surface area contributed by atoms with Gasteiger partial charge in [0, 0.05) is 63.5 Å². The van der Waals surface area contributed by atoms with Crippen LogP contribution in [0.25, 0.3) is 0 Å². The number of methoxy groups -OCH3 is 11. The molecule has 0 aromatic heterocycles. The highest BCUT2D eigenvalue weighted by atomic mass is 16.7.